The third-order valence-corrected chi connectivity index (χ3v) is 5.47. The number of aromatic nitrogens is 3. The quantitative estimate of drug-likeness (QED) is 0.347. The Labute approximate surface area is 187 Å². The highest BCUT2D eigenvalue weighted by molar-refractivity contribution is 5.79. The summed E-state index contributed by atoms with van der Waals surface area (Å²) >= 11 is 0. The monoisotopic (exact) mass is 438 g/mol. The van der Waals surface area contributed by atoms with Crippen molar-refractivity contribution in [3.8, 4) is 23.1 Å². The van der Waals surface area contributed by atoms with Crippen LogP contribution in [0.1, 0.15) is 37.1 Å². The first kappa shape index (κ1) is 21.7. The van der Waals surface area contributed by atoms with E-state index in [0.29, 0.717) is 37.1 Å². The maximum atomic E-state index is 6.28. The number of aromatic amines is 1. The summed E-state index contributed by atoms with van der Waals surface area (Å²) in [7, 11) is 3.42. The Morgan fingerprint density at radius 2 is 2.12 bits per heavy atom. The van der Waals surface area contributed by atoms with Gasteiger partial charge in [0, 0.05) is 38.2 Å². The van der Waals surface area contributed by atoms with Gasteiger partial charge in [0.2, 0.25) is 5.82 Å². The molecule has 0 bridgehead atoms. The van der Waals surface area contributed by atoms with E-state index >= 15 is 0 Å². The van der Waals surface area contributed by atoms with Crippen molar-refractivity contribution in [3.05, 3.63) is 48.0 Å². The van der Waals surface area contributed by atoms with E-state index in [4.69, 9.17) is 13.9 Å². The fourth-order valence-corrected chi connectivity index (χ4v) is 3.73. The summed E-state index contributed by atoms with van der Waals surface area (Å²) in [6, 6.07) is 9.60. The van der Waals surface area contributed by atoms with E-state index in [1.54, 1.807) is 20.4 Å². The average Bonchev–Trinajstić information content (AvgIpc) is 3.59. The first-order valence-electron chi connectivity index (χ1n) is 11.0. The van der Waals surface area contributed by atoms with Crippen LogP contribution in [0.3, 0.4) is 0 Å². The van der Waals surface area contributed by atoms with Gasteiger partial charge < -0.3 is 24.5 Å². The number of furan rings is 1. The Kier molecular flexibility index (Phi) is 7.27. The van der Waals surface area contributed by atoms with Crippen molar-refractivity contribution in [2.75, 3.05) is 20.7 Å². The number of hydrogen-bond donors (Lipinski definition) is 3. The van der Waals surface area contributed by atoms with Gasteiger partial charge in [0.05, 0.1) is 19.5 Å². The molecule has 1 aromatic carbocycles. The molecule has 9 nitrogen and oxygen atoms in total. The predicted molar refractivity (Wildman–Crippen MR) is 122 cm³/mol. The highest BCUT2D eigenvalue weighted by atomic mass is 16.5. The van der Waals surface area contributed by atoms with Gasteiger partial charge in [0.1, 0.15) is 17.3 Å². The van der Waals surface area contributed by atoms with Gasteiger partial charge in [-0.25, -0.2) is 4.98 Å². The smallest absolute Gasteiger partial charge is 0.216 e. The first-order valence-corrected chi connectivity index (χ1v) is 11.0. The highest BCUT2D eigenvalue weighted by Gasteiger charge is 2.18. The molecule has 0 atom stereocenters. The van der Waals surface area contributed by atoms with Crippen LogP contribution in [0, 0.1) is 0 Å². The number of nitrogens with one attached hydrogen (secondary N) is 3. The fraction of sp³-hybridized carbons (Fsp3) is 0.435. The molecule has 3 N–H and O–H groups in total. The molecule has 9 heteroatoms. The minimum Gasteiger partial charge on any atom is -0.497 e. The molecule has 0 unspecified atom stereocenters. The number of H-pyrrole nitrogens is 1. The summed E-state index contributed by atoms with van der Waals surface area (Å²) in [4.78, 5) is 8.77. The Balaban J connectivity index is 1.29. The van der Waals surface area contributed by atoms with Crippen LogP contribution in [0.15, 0.2) is 46.0 Å². The van der Waals surface area contributed by atoms with Gasteiger partial charge in [-0.05, 0) is 49.9 Å². The fourth-order valence-electron chi connectivity index (χ4n) is 3.73. The molecule has 2 aromatic heterocycles. The van der Waals surface area contributed by atoms with Crippen LogP contribution in [0.5, 0.6) is 11.5 Å². The molecule has 1 saturated carbocycles. The lowest BCUT2D eigenvalue weighted by Gasteiger charge is -2.18. The van der Waals surface area contributed by atoms with Gasteiger partial charge in [0.25, 0.3) is 0 Å². The molecule has 1 aliphatic carbocycles. The zero-order valence-corrected chi connectivity index (χ0v) is 18.6. The molecule has 0 spiro atoms. The van der Waals surface area contributed by atoms with Crippen molar-refractivity contribution in [1.82, 2.24) is 25.8 Å². The van der Waals surface area contributed by atoms with Crippen LogP contribution < -0.4 is 20.1 Å². The average molecular weight is 439 g/mol. The Hall–Kier alpha value is -3.49. The van der Waals surface area contributed by atoms with Crippen molar-refractivity contribution >= 4 is 5.96 Å². The summed E-state index contributed by atoms with van der Waals surface area (Å²) in [5.41, 5.74) is 1.07. The standard InChI is InChI=1S/C23H30N6O3/c1-24-23(25-12-11-21-27-22(29-28-21)19-8-5-13-31-19)26-15-16-9-10-18(30-2)14-20(16)32-17-6-3-4-7-17/h5,8-10,13-14,17H,3-4,6-7,11-12,15H2,1-2H3,(H2,24,25,26)(H,27,28,29). The Morgan fingerprint density at radius 1 is 1.25 bits per heavy atom. The minimum atomic E-state index is 0.284. The Bertz CT molecular complexity index is 1010. The van der Waals surface area contributed by atoms with E-state index in [1.165, 1.54) is 12.8 Å². The lowest BCUT2D eigenvalue weighted by atomic mass is 10.2. The van der Waals surface area contributed by atoms with E-state index in [-0.39, 0.29) is 6.10 Å². The number of benzene rings is 1. The summed E-state index contributed by atoms with van der Waals surface area (Å²) in [6.45, 7) is 1.25. The van der Waals surface area contributed by atoms with Gasteiger partial charge in [-0.2, -0.15) is 5.10 Å². The molecular formula is C23H30N6O3. The van der Waals surface area contributed by atoms with E-state index in [9.17, 15) is 0 Å². The lowest BCUT2D eigenvalue weighted by Crippen LogP contribution is -2.38. The second-order valence-electron chi connectivity index (χ2n) is 7.68. The molecule has 170 valence electrons. The molecule has 4 rings (SSSR count). The van der Waals surface area contributed by atoms with Crippen molar-refractivity contribution in [1.29, 1.82) is 0 Å². The molecule has 0 saturated heterocycles. The molecule has 2 heterocycles. The number of nitrogens with zero attached hydrogens (tertiary/aromatic N) is 3. The lowest BCUT2D eigenvalue weighted by molar-refractivity contribution is 0.207. The van der Waals surface area contributed by atoms with Crippen molar-refractivity contribution in [3.63, 3.8) is 0 Å². The minimum absolute atomic E-state index is 0.284. The van der Waals surface area contributed by atoms with Crippen LogP contribution >= 0.6 is 0 Å². The summed E-state index contributed by atoms with van der Waals surface area (Å²) < 4.78 is 17.0. The van der Waals surface area contributed by atoms with Gasteiger partial charge in [-0.15, -0.1) is 0 Å². The Morgan fingerprint density at radius 3 is 2.88 bits per heavy atom. The third-order valence-electron chi connectivity index (χ3n) is 5.47. The maximum Gasteiger partial charge on any atom is 0.216 e. The molecule has 32 heavy (non-hydrogen) atoms. The number of rotatable bonds is 9. The molecule has 0 amide bonds. The van der Waals surface area contributed by atoms with Crippen molar-refractivity contribution in [2.24, 2.45) is 4.99 Å². The van der Waals surface area contributed by atoms with Crippen molar-refractivity contribution < 1.29 is 13.9 Å². The SMILES string of the molecule is CN=C(NCCc1nc(-c2ccco2)n[nH]1)NCc1ccc(OC)cc1OC1CCCC1. The van der Waals surface area contributed by atoms with Gasteiger partial charge in [-0.1, -0.05) is 0 Å². The largest absolute Gasteiger partial charge is 0.497 e. The zero-order valence-electron chi connectivity index (χ0n) is 18.6. The number of guanidine groups is 1. The highest BCUT2D eigenvalue weighted by Crippen LogP contribution is 2.30. The van der Waals surface area contributed by atoms with E-state index in [0.717, 1.165) is 35.7 Å². The second kappa shape index (κ2) is 10.7. The van der Waals surface area contributed by atoms with Crippen LogP contribution in [-0.2, 0) is 13.0 Å². The molecule has 1 fully saturated rings. The zero-order chi connectivity index (χ0) is 22.2. The summed E-state index contributed by atoms with van der Waals surface area (Å²) in [5, 5.41) is 13.8. The summed E-state index contributed by atoms with van der Waals surface area (Å²) in [6.07, 6.45) is 7.24. The molecule has 0 aliphatic heterocycles. The summed E-state index contributed by atoms with van der Waals surface area (Å²) in [5.74, 6) is 4.35. The maximum absolute atomic E-state index is 6.28. The van der Waals surface area contributed by atoms with Crippen LogP contribution in [0.25, 0.3) is 11.6 Å². The predicted octanol–water partition coefficient (Wildman–Crippen LogP) is 3.30. The van der Waals surface area contributed by atoms with E-state index in [1.807, 2.05) is 30.3 Å². The van der Waals surface area contributed by atoms with Crippen molar-refractivity contribution in [2.45, 2.75) is 44.8 Å². The van der Waals surface area contributed by atoms with E-state index < -0.39 is 0 Å². The van der Waals surface area contributed by atoms with Crippen LogP contribution in [0.4, 0.5) is 0 Å². The number of hydrogen-bond acceptors (Lipinski definition) is 6. The number of ether oxygens (including phenoxy) is 2. The first-order chi connectivity index (χ1) is 15.7. The second-order valence-corrected chi connectivity index (χ2v) is 7.68. The number of methoxy groups -OCH3 is 1. The van der Waals surface area contributed by atoms with Gasteiger partial charge >= 0.3 is 0 Å². The number of aliphatic imine (C=N–C) groups is 1. The van der Waals surface area contributed by atoms with E-state index in [2.05, 4.69) is 30.8 Å². The molecule has 1 aliphatic rings. The van der Waals surface area contributed by atoms with Crippen LogP contribution in [-0.4, -0.2) is 47.9 Å². The van der Waals surface area contributed by atoms with Crippen LogP contribution in [0.2, 0.25) is 0 Å². The normalized spacial score (nSPS) is 14.5. The third kappa shape index (κ3) is 5.60. The van der Waals surface area contributed by atoms with Gasteiger partial charge in [0.15, 0.2) is 11.7 Å². The molecule has 3 aromatic rings. The van der Waals surface area contributed by atoms with Gasteiger partial charge in [-0.3, -0.25) is 10.1 Å². The topological polar surface area (TPSA) is 110 Å². The molecule has 0 radical (unpaired) electrons. The molecular weight excluding hydrogens is 408 g/mol.